The number of imidazole rings is 1. The molecular formula is C21H17ClN4O3S. The Hall–Kier alpha value is -3.36. The number of carbonyl (C=O) groups excluding carboxylic acids is 1. The first-order valence-corrected chi connectivity index (χ1v) is 10.9. The Bertz CT molecular complexity index is 1270. The van der Waals surface area contributed by atoms with E-state index in [4.69, 9.17) is 11.6 Å². The van der Waals surface area contributed by atoms with E-state index in [-0.39, 0.29) is 17.3 Å². The van der Waals surface area contributed by atoms with E-state index in [0.29, 0.717) is 16.3 Å². The first-order chi connectivity index (χ1) is 14.4. The predicted molar refractivity (Wildman–Crippen MR) is 115 cm³/mol. The van der Waals surface area contributed by atoms with Crippen LogP contribution in [0.2, 0.25) is 5.02 Å². The van der Waals surface area contributed by atoms with Crippen molar-refractivity contribution in [3.63, 3.8) is 0 Å². The lowest BCUT2D eigenvalue weighted by molar-refractivity contribution is 0.0950. The van der Waals surface area contributed by atoms with Crippen LogP contribution in [0.15, 0.2) is 84.0 Å². The largest absolute Gasteiger partial charge is 0.346 e. The summed E-state index contributed by atoms with van der Waals surface area (Å²) in [7, 11) is -3.78. The number of hydrogen-bond acceptors (Lipinski definition) is 4. The highest BCUT2D eigenvalue weighted by Gasteiger charge is 2.15. The van der Waals surface area contributed by atoms with Crippen molar-refractivity contribution in [1.82, 2.24) is 14.7 Å². The van der Waals surface area contributed by atoms with E-state index in [1.165, 1.54) is 24.3 Å². The maximum atomic E-state index is 12.5. The van der Waals surface area contributed by atoms with Crippen LogP contribution in [0.1, 0.15) is 16.1 Å². The molecule has 0 atom stereocenters. The maximum absolute atomic E-state index is 12.5. The van der Waals surface area contributed by atoms with E-state index in [9.17, 15) is 13.2 Å². The summed E-state index contributed by atoms with van der Waals surface area (Å²) >= 11 is 5.81. The van der Waals surface area contributed by atoms with Gasteiger partial charge in [0.05, 0.1) is 17.1 Å². The third kappa shape index (κ3) is 4.45. The van der Waals surface area contributed by atoms with Gasteiger partial charge in [-0.2, -0.15) is 0 Å². The summed E-state index contributed by atoms with van der Waals surface area (Å²) in [6, 6.07) is 17.7. The standard InChI is InChI=1S/C21H17ClN4O3S/c22-16-6-8-17(9-7-16)25-30(28,29)19-10-4-15(5-11-19)21(27)23-13-18-14-26-12-2-1-3-20(26)24-18/h1-12,14,25H,13H2,(H,23,27). The van der Waals surface area contributed by atoms with Gasteiger partial charge >= 0.3 is 0 Å². The van der Waals surface area contributed by atoms with Crippen molar-refractivity contribution >= 4 is 38.9 Å². The lowest BCUT2D eigenvalue weighted by Crippen LogP contribution is -2.23. The fourth-order valence-corrected chi connectivity index (χ4v) is 4.05. The molecule has 0 saturated carbocycles. The Balaban J connectivity index is 1.41. The zero-order valence-electron chi connectivity index (χ0n) is 15.6. The molecule has 0 spiro atoms. The molecule has 1 amide bonds. The highest BCUT2D eigenvalue weighted by molar-refractivity contribution is 7.92. The molecule has 2 N–H and O–H groups in total. The van der Waals surface area contributed by atoms with Crippen LogP contribution < -0.4 is 10.0 Å². The van der Waals surface area contributed by atoms with E-state index in [1.54, 1.807) is 24.3 Å². The molecule has 0 aliphatic heterocycles. The number of benzene rings is 2. The monoisotopic (exact) mass is 440 g/mol. The highest BCUT2D eigenvalue weighted by atomic mass is 35.5. The van der Waals surface area contributed by atoms with E-state index in [0.717, 1.165) is 11.3 Å². The van der Waals surface area contributed by atoms with E-state index >= 15 is 0 Å². The molecule has 0 aliphatic rings. The molecule has 4 aromatic rings. The van der Waals surface area contributed by atoms with Crippen LogP contribution in [0.5, 0.6) is 0 Å². The molecule has 0 radical (unpaired) electrons. The number of halogens is 1. The minimum Gasteiger partial charge on any atom is -0.346 e. The summed E-state index contributed by atoms with van der Waals surface area (Å²) < 4.78 is 29.4. The Labute approximate surface area is 178 Å². The second kappa shape index (κ2) is 8.17. The van der Waals surface area contributed by atoms with Crippen LogP contribution in [-0.2, 0) is 16.6 Å². The summed E-state index contributed by atoms with van der Waals surface area (Å²) in [5, 5.41) is 3.30. The smallest absolute Gasteiger partial charge is 0.261 e. The van der Waals surface area contributed by atoms with Crippen molar-refractivity contribution in [1.29, 1.82) is 0 Å². The van der Waals surface area contributed by atoms with Crippen molar-refractivity contribution in [2.75, 3.05) is 4.72 Å². The SMILES string of the molecule is O=C(NCc1cn2ccccc2n1)c1ccc(S(=O)(=O)Nc2ccc(Cl)cc2)cc1. The molecule has 0 aliphatic carbocycles. The Morgan fingerprint density at radius 3 is 2.43 bits per heavy atom. The molecule has 2 heterocycles. The number of pyridine rings is 1. The number of sulfonamides is 1. The van der Waals surface area contributed by atoms with Gasteiger partial charge in [-0.25, -0.2) is 13.4 Å². The average Bonchev–Trinajstić information content (AvgIpc) is 3.17. The lowest BCUT2D eigenvalue weighted by Gasteiger charge is -2.09. The minimum absolute atomic E-state index is 0.0503. The molecule has 0 fully saturated rings. The summed E-state index contributed by atoms with van der Waals surface area (Å²) in [5.41, 5.74) is 2.27. The third-order valence-corrected chi connectivity index (χ3v) is 6.02. The number of nitrogens with zero attached hydrogens (tertiary/aromatic N) is 2. The summed E-state index contributed by atoms with van der Waals surface area (Å²) in [6.07, 6.45) is 3.72. The lowest BCUT2D eigenvalue weighted by atomic mass is 10.2. The quantitative estimate of drug-likeness (QED) is 0.478. The first kappa shape index (κ1) is 19.9. The molecule has 4 rings (SSSR count). The van der Waals surface area contributed by atoms with Crippen molar-refractivity contribution in [3.8, 4) is 0 Å². The zero-order valence-corrected chi connectivity index (χ0v) is 17.2. The average molecular weight is 441 g/mol. The first-order valence-electron chi connectivity index (χ1n) is 9.00. The topological polar surface area (TPSA) is 92.6 Å². The summed E-state index contributed by atoms with van der Waals surface area (Å²) in [4.78, 5) is 16.9. The normalized spacial score (nSPS) is 11.4. The molecular weight excluding hydrogens is 424 g/mol. The molecule has 152 valence electrons. The molecule has 2 aromatic heterocycles. The number of carbonyl (C=O) groups is 1. The highest BCUT2D eigenvalue weighted by Crippen LogP contribution is 2.19. The third-order valence-electron chi connectivity index (χ3n) is 4.37. The van der Waals surface area contributed by atoms with E-state index in [2.05, 4.69) is 15.0 Å². The van der Waals surface area contributed by atoms with Gasteiger partial charge in [-0.05, 0) is 60.7 Å². The number of amides is 1. The zero-order chi connectivity index (χ0) is 21.1. The van der Waals surface area contributed by atoms with Gasteiger partial charge in [0.15, 0.2) is 0 Å². The van der Waals surface area contributed by atoms with Gasteiger partial charge in [-0.15, -0.1) is 0 Å². The molecule has 2 aromatic carbocycles. The van der Waals surface area contributed by atoms with Crippen molar-refractivity contribution in [2.24, 2.45) is 0 Å². The number of hydrogen-bond donors (Lipinski definition) is 2. The summed E-state index contributed by atoms with van der Waals surface area (Å²) in [6.45, 7) is 0.263. The number of anilines is 1. The van der Waals surface area contributed by atoms with Gasteiger partial charge in [0.1, 0.15) is 5.65 Å². The van der Waals surface area contributed by atoms with Crippen molar-refractivity contribution in [3.05, 3.63) is 95.4 Å². The molecule has 9 heteroatoms. The van der Waals surface area contributed by atoms with Crippen LogP contribution in [-0.4, -0.2) is 23.7 Å². The van der Waals surface area contributed by atoms with E-state index in [1.807, 2.05) is 35.0 Å². The Morgan fingerprint density at radius 1 is 1.00 bits per heavy atom. The Morgan fingerprint density at radius 2 is 1.73 bits per heavy atom. The van der Waals surface area contributed by atoms with Crippen LogP contribution >= 0.6 is 11.6 Å². The molecule has 7 nitrogen and oxygen atoms in total. The molecule has 30 heavy (non-hydrogen) atoms. The molecule has 0 bridgehead atoms. The van der Waals surface area contributed by atoms with Gasteiger partial charge in [-0.3, -0.25) is 9.52 Å². The fourth-order valence-electron chi connectivity index (χ4n) is 2.86. The Kier molecular flexibility index (Phi) is 5.43. The van der Waals surface area contributed by atoms with Crippen molar-refractivity contribution in [2.45, 2.75) is 11.4 Å². The van der Waals surface area contributed by atoms with Crippen LogP contribution in [0.4, 0.5) is 5.69 Å². The molecule has 0 unspecified atom stereocenters. The van der Waals surface area contributed by atoms with Gasteiger partial charge in [0, 0.05) is 28.7 Å². The second-order valence-corrected chi connectivity index (χ2v) is 8.64. The van der Waals surface area contributed by atoms with Crippen LogP contribution in [0, 0.1) is 0 Å². The van der Waals surface area contributed by atoms with E-state index < -0.39 is 10.0 Å². The van der Waals surface area contributed by atoms with Gasteiger partial charge in [-0.1, -0.05) is 17.7 Å². The minimum atomic E-state index is -3.78. The van der Waals surface area contributed by atoms with Crippen LogP contribution in [0.3, 0.4) is 0 Å². The van der Waals surface area contributed by atoms with Gasteiger partial charge < -0.3 is 9.72 Å². The van der Waals surface area contributed by atoms with Gasteiger partial charge in [0.2, 0.25) is 0 Å². The number of rotatable bonds is 6. The molecule has 0 saturated heterocycles. The number of nitrogens with one attached hydrogen (secondary N) is 2. The number of fused-ring (bicyclic) bond motifs is 1. The summed E-state index contributed by atoms with van der Waals surface area (Å²) in [5.74, 6) is -0.318. The predicted octanol–water partition coefficient (Wildman–Crippen LogP) is 3.72. The number of aromatic nitrogens is 2. The fraction of sp³-hybridized carbons (Fsp3) is 0.0476. The van der Waals surface area contributed by atoms with Crippen LogP contribution in [0.25, 0.3) is 5.65 Å². The van der Waals surface area contributed by atoms with Crippen molar-refractivity contribution < 1.29 is 13.2 Å². The maximum Gasteiger partial charge on any atom is 0.261 e. The van der Waals surface area contributed by atoms with Gasteiger partial charge in [0.25, 0.3) is 15.9 Å². The second-order valence-electron chi connectivity index (χ2n) is 6.52.